The molecule has 0 aliphatic rings. The molecule has 0 amide bonds. The molecule has 2 heterocycles. The van der Waals surface area contributed by atoms with Gasteiger partial charge in [0, 0.05) is 17.5 Å². The minimum absolute atomic E-state index is 0.104. The van der Waals surface area contributed by atoms with Crippen molar-refractivity contribution in [1.29, 1.82) is 0 Å². The highest BCUT2D eigenvalue weighted by Crippen LogP contribution is 2.32. The number of rotatable bonds is 6. The van der Waals surface area contributed by atoms with Crippen LogP contribution in [0.5, 0.6) is 17.4 Å². The van der Waals surface area contributed by atoms with Crippen LogP contribution in [-0.4, -0.2) is 31.1 Å². The van der Waals surface area contributed by atoms with Gasteiger partial charge < -0.3 is 15.3 Å². The number of nitrogens with zero attached hydrogens (tertiary/aromatic N) is 4. The molecule has 4 N–H and O–H groups in total. The fraction of sp³-hybridized carbons (Fsp3) is 0.0952. The smallest absolute Gasteiger partial charge is 0.212 e. The number of thiazole rings is 2. The number of hydrogen-bond acceptors (Lipinski definition) is 9. The number of aromatic hydroxyl groups is 3. The largest absolute Gasteiger partial charge is 0.504 e. The van der Waals surface area contributed by atoms with Gasteiger partial charge in [-0.2, -0.15) is 0 Å². The van der Waals surface area contributed by atoms with E-state index in [9.17, 15) is 15.3 Å². The van der Waals surface area contributed by atoms with E-state index in [0.717, 1.165) is 5.69 Å². The van der Waals surface area contributed by atoms with Crippen LogP contribution in [0.2, 0.25) is 0 Å². The third kappa shape index (κ3) is 4.60. The van der Waals surface area contributed by atoms with Crippen molar-refractivity contribution >= 4 is 39.7 Å². The van der Waals surface area contributed by atoms with Crippen LogP contribution in [-0.2, 0) is 6.54 Å². The summed E-state index contributed by atoms with van der Waals surface area (Å²) in [5.41, 5.74) is 5.04. The summed E-state index contributed by atoms with van der Waals surface area (Å²) in [5.74, 6) is -0.278. The van der Waals surface area contributed by atoms with Crippen molar-refractivity contribution < 1.29 is 15.3 Å². The second-order valence-electron chi connectivity index (χ2n) is 6.38. The first-order valence-electron chi connectivity index (χ1n) is 9.34. The molecule has 4 rings (SSSR count). The van der Waals surface area contributed by atoms with Gasteiger partial charge in [-0.3, -0.25) is 9.56 Å². The van der Waals surface area contributed by atoms with Gasteiger partial charge in [0.1, 0.15) is 4.88 Å². The Kier molecular flexibility index (Phi) is 6.01. The van der Waals surface area contributed by atoms with Crippen molar-refractivity contribution in [3.63, 3.8) is 0 Å². The molecular formula is C21H19N5O3S2. The van der Waals surface area contributed by atoms with E-state index < -0.39 is 0 Å². The number of para-hydroxylation sites is 1. The minimum atomic E-state index is -0.201. The first kappa shape index (κ1) is 20.6. The van der Waals surface area contributed by atoms with Gasteiger partial charge in [-0.1, -0.05) is 29.5 Å². The van der Waals surface area contributed by atoms with Gasteiger partial charge in [-0.05, 0) is 37.3 Å². The lowest BCUT2D eigenvalue weighted by Gasteiger charge is -2.00. The fourth-order valence-corrected chi connectivity index (χ4v) is 4.34. The van der Waals surface area contributed by atoms with Gasteiger partial charge in [-0.25, -0.2) is 10.4 Å². The summed E-state index contributed by atoms with van der Waals surface area (Å²) in [6.45, 7) is 2.46. The number of phenols is 2. The Morgan fingerprint density at radius 2 is 1.90 bits per heavy atom. The van der Waals surface area contributed by atoms with Crippen LogP contribution in [0.15, 0.2) is 64.0 Å². The number of aromatic nitrogens is 2. The molecule has 0 aliphatic carbocycles. The molecule has 4 aromatic rings. The lowest BCUT2D eigenvalue weighted by Crippen LogP contribution is -2.14. The number of hydrogen-bond donors (Lipinski definition) is 4. The van der Waals surface area contributed by atoms with Gasteiger partial charge in [0.05, 0.1) is 17.6 Å². The van der Waals surface area contributed by atoms with Crippen molar-refractivity contribution in [2.24, 2.45) is 10.1 Å². The maximum absolute atomic E-state index is 10.5. The first-order valence-corrected chi connectivity index (χ1v) is 11.0. The van der Waals surface area contributed by atoms with Crippen LogP contribution in [0.25, 0.3) is 11.3 Å². The number of nitrogens with one attached hydrogen (secondary N) is 1. The average molecular weight is 454 g/mol. The van der Waals surface area contributed by atoms with Gasteiger partial charge in [0.15, 0.2) is 11.5 Å². The zero-order valence-electron chi connectivity index (χ0n) is 16.4. The third-order valence-electron chi connectivity index (χ3n) is 4.33. The van der Waals surface area contributed by atoms with Crippen LogP contribution in [0.4, 0.5) is 10.8 Å². The summed E-state index contributed by atoms with van der Waals surface area (Å²) in [5, 5.41) is 36.4. The summed E-state index contributed by atoms with van der Waals surface area (Å²) in [4.78, 5) is 10.0. The number of anilines is 1. The monoisotopic (exact) mass is 453 g/mol. The quantitative estimate of drug-likeness (QED) is 0.195. The summed E-state index contributed by atoms with van der Waals surface area (Å²) in [7, 11) is 0. The van der Waals surface area contributed by atoms with Crippen LogP contribution in [0, 0.1) is 0 Å². The van der Waals surface area contributed by atoms with Crippen molar-refractivity contribution in [1.82, 2.24) is 9.55 Å². The number of benzene rings is 2. The summed E-state index contributed by atoms with van der Waals surface area (Å²) < 4.78 is 1.68. The average Bonchev–Trinajstić information content (AvgIpc) is 3.37. The maximum atomic E-state index is 10.5. The van der Waals surface area contributed by atoms with Crippen molar-refractivity contribution in [3.05, 3.63) is 63.6 Å². The van der Waals surface area contributed by atoms with E-state index >= 15 is 0 Å². The SMILES string of the molecule is CCn1c(O)c(C=Nc2ccccc2)s/c1=N/Nc1nc(-c2ccc(O)c(O)c2)cs1. The van der Waals surface area contributed by atoms with Crippen LogP contribution >= 0.6 is 22.7 Å². The molecule has 0 spiro atoms. The molecule has 0 aliphatic heterocycles. The Balaban J connectivity index is 1.57. The molecule has 0 fully saturated rings. The molecule has 0 radical (unpaired) electrons. The van der Waals surface area contributed by atoms with E-state index in [4.69, 9.17) is 0 Å². The molecule has 0 saturated carbocycles. The van der Waals surface area contributed by atoms with Gasteiger partial charge >= 0.3 is 0 Å². The summed E-state index contributed by atoms with van der Waals surface area (Å²) >= 11 is 2.66. The van der Waals surface area contributed by atoms with Gasteiger partial charge in [-0.15, -0.1) is 16.4 Å². The van der Waals surface area contributed by atoms with E-state index in [1.807, 2.05) is 42.6 Å². The van der Waals surface area contributed by atoms with Crippen LogP contribution < -0.4 is 10.2 Å². The third-order valence-corrected chi connectivity index (χ3v) is 6.08. The van der Waals surface area contributed by atoms with Gasteiger partial charge in [0.25, 0.3) is 0 Å². The predicted molar refractivity (Wildman–Crippen MR) is 123 cm³/mol. The molecule has 2 aromatic heterocycles. The van der Waals surface area contributed by atoms with E-state index in [-0.39, 0.29) is 17.4 Å². The minimum Gasteiger partial charge on any atom is -0.504 e. The molecule has 2 aromatic carbocycles. The first-order chi connectivity index (χ1) is 15.0. The predicted octanol–water partition coefficient (Wildman–Crippen LogP) is 4.49. The lowest BCUT2D eigenvalue weighted by molar-refractivity contribution is 0.404. The second kappa shape index (κ2) is 9.02. The molecule has 8 nitrogen and oxygen atoms in total. The van der Waals surface area contributed by atoms with E-state index in [1.165, 1.54) is 34.8 Å². The highest BCUT2D eigenvalue weighted by Gasteiger charge is 2.11. The molecular weight excluding hydrogens is 434 g/mol. The summed E-state index contributed by atoms with van der Waals surface area (Å²) in [6, 6.07) is 14.0. The van der Waals surface area contributed by atoms with E-state index in [1.54, 1.807) is 16.8 Å². The molecule has 10 heteroatoms. The van der Waals surface area contributed by atoms with Crippen molar-refractivity contribution in [2.45, 2.75) is 13.5 Å². The lowest BCUT2D eigenvalue weighted by atomic mass is 10.1. The Hall–Kier alpha value is -3.63. The Bertz CT molecular complexity index is 1290. The topological polar surface area (TPSA) is 115 Å². The standard InChI is InChI=1S/C21H19N5O3S2/c1-2-26-19(29)18(11-22-14-6-4-3-5-7-14)31-21(26)25-24-20-23-15(12-30-20)13-8-9-16(27)17(28)10-13/h3-12,27-29H,2H2,1H3,(H,23,24)/b22-11?,25-21+. The van der Waals surface area contributed by atoms with Crippen molar-refractivity contribution in [3.8, 4) is 28.6 Å². The van der Waals surface area contributed by atoms with Crippen LogP contribution in [0.3, 0.4) is 0 Å². The Morgan fingerprint density at radius 1 is 1.10 bits per heavy atom. The molecule has 31 heavy (non-hydrogen) atoms. The second-order valence-corrected chi connectivity index (χ2v) is 8.24. The fourth-order valence-electron chi connectivity index (χ4n) is 2.76. The molecule has 0 atom stereocenters. The van der Waals surface area contributed by atoms with Crippen molar-refractivity contribution in [2.75, 3.05) is 5.43 Å². The zero-order chi connectivity index (χ0) is 21.8. The molecule has 158 valence electrons. The highest BCUT2D eigenvalue weighted by atomic mass is 32.1. The number of phenolic OH excluding ortho intramolecular Hbond substituents is 2. The highest BCUT2D eigenvalue weighted by molar-refractivity contribution is 7.14. The Labute approximate surface area is 185 Å². The zero-order valence-corrected chi connectivity index (χ0v) is 18.1. The summed E-state index contributed by atoms with van der Waals surface area (Å²) in [6.07, 6.45) is 1.62. The molecule has 0 unspecified atom stereocenters. The van der Waals surface area contributed by atoms with E-state index in [0.29, 0.717) is 32.6 Å². The number of aliphatic imine (C=N–C) groups is 1. The Morgan fingerprint density at radius 3 is 2.65 bits per heavy atom. The molecule has 0 bridgehead atoms. The molecule has 0 saturated heterocycles. The van der Waals surface area contributed by atoms with Gasteiger partial charge in [0.2, 0.25) is 15.8 Å². The maximum Gasteiger partial charge on any atom is 0.212 e. The normalized spacial score (nSPS) is 12.0. The van der Waals surface area contributed by atoms with Crippen LogP contribution in [0.1, 0.15) is 11.8 Å². The van der Waals surface area contributed by atoms with E-state index in [2.05, 4.69) is 20.5 Å².